The van der Waals surface area contributed by atoms with Gasteiger partial charge in [0.1, 0.15) is 0 Å². The van der Waals surface area contributed by atoms with E-state index in [1.807, 2.05) is 0 Å². The van der Waals surface area contributed by atoms with Crippen molar-refractivity contribution in [2.45, 2.75) is 63.1 Å². The fourth-order valence-corrected chi connectivity index (χ4v) is 2.86. The summed E-state index contributed by atoms with van der Waals surface area (Å²) in [5.41, 5.74) is 6.40. The Balaban J connectivity index is 1.88. The molecule has 1 saturated carbocycles. The predicted molar refractivity (Wildman–Crippen MR) is 61.8 cm³/mol. The number of nitrogens with one attached hydrogen (secondary N) is 1. The lowest BCUT2D eigenvalue weighted by Crippen LogP contribution is -2.58. The second kappa shape index (κ2) is 4.81. The van der Waals surface area contributed by atoms with E-state index in [0.717, 1.165) is 13.0 Å². The van der Waals surface area contributed by atoms with Crippen LogP contribution in [0, 0.1) is 0 Å². The van der Waals surface area contributed by atoms with Crippen LogP contribution in [0.3, 0.4) is 0 Å². The molecule has 1 aliphatic heterocycles. The minimum absolute atomic E-state index is 0.178. The molecule has 0 bridgehead atoms. The van der Waals surface area contributed by atoms with Gasteiger partial charge in [-0.25, -0.2) is 0 Å². The van der Waals surface area contributed by atoms with Gasteiger partial charge in [0.25, 0.3) is 0 Å². The fourth-order valence-electron chi connectivity index (χ4n) is 2.86. The Morgan fingerprint density at radius 3 is 2.67 bits per heavy atom. The van der Waals surface area contributed by atoms with Crippen LogP contribution in [0.2, 0.25) is 0 Å². The number of ether oxygens (including phenoxy) is 1. The van der Waals surface area contributed by atoms with E-state index < -0.39 is 0 Å². The van der Waals surface area contributed by atoms with Gasteiger partial charge in [-0.05, 0) is 26.2 Å². The molecule has 1 heterocycles. The monoisotopic (exact) mass is 212 g/mol. The molecule has 0 radical (unpaired) electrons. The van der Waals surface area contributed by atoms with Crippen molar-refractivity contribution >= 4 is 0 Å². The molecule has 0 spiro atoms. The van der Waals surface area contributed by atoms with E-state index in [4.69, 9.17) is 10.5 Å². The van der Waals surface area contributed by atoms with Gasteiger partial charge in [0.15, 0.2) is 0 Å². The zero-order valence-electron chi connectivity index (χ0n) is 9.80. The van der Waals surface area contributed by atoms with Crippen LogP contribution in [0.4, 0.5) is 0 Å². The summed E-state index contributed by atoms with van der Waals surface area (Å²) in [6.07, 6.45) is 7.80. The lowest BCUT2D eigenvalue weighted by molar-refractivity contribution is 0.0489. The Morgan fingerprint density at radius 1 is 1.27 bits per heavy atom. The van der Waals surface area contributed by atoms with Gasteiger partial charge in [-0.3, -0.25) is 0 Å². The first-order chi connectivity index (χ1) is 7.20. The standard InChI is InChI=1S/C12H24N2O/c1-12(6-3-2-4-7-12)14-11-5-8-15-9-10(11)13/h10-11,14H,2-9,13H2,1H3/t10-,11?/m1/s1. The largest absolute Gasteiger partial charge is 0.380 e. The van der Waals surface area contributed by atoms with E-state index in [1.165, 1.54) is 32.1 Å². The van der Waals surface area contributed by atoms with Crippen LogP contribution in [-0.2, 0) is 4.74 Å². The molecule has 3 heteroatoms. The van der Waals surface area contributed by atoms with Crippen LogP contribution < -0.4 is 11.1 Å². The second-order valence-electron chi connectivity index (χ2n) is 5.40. The highest BCUT2D eigenvalue weighted by atomic mass is 16.5. The number of nitrogens with two attached hydrogens (primary N) is 1. The third kappa shape index (κ3) is 2.92. The van der Waals surface area contributed by atoms with Gasteiger partial charge >= 0.3 is 0 Å². The van der Waals surface area contributed by atoms with Crippen molar-refractivity contribution < 1.29 is 4.74 Å². The maximum absolute atomic E-state index is 6.07. The van der Waals surface area contributed by atoms with Crippen LogP contribution in [0.1, 0.15) is 45.4 Å². The number of hydrogen-bond acceptors (Lipinski definition) is 3. The minimum atomic E-state index is 0.178. The molecule has 1 aliphatic carbocycles. The lowest BCUT2D eigenvalue weighted by Gasteiger charge is -2.41. The van der Waals surface area contributed by atoms with Crippen molar-refractivity contribution in [2.24, 2.45) is 5.73 Å². The van der Waals surface area contributed by atoms with Gasteiger partial charge in [0, 0.05) is 24.2 Å². The van der Waals surface area contributed by atoms with Crippen LogP contribution in [0.5, 0.6) is 0 Å². The smallest absolute Gasteiger partial charge is 0.0632 e. The summed E-state index contributed by atoms with van der Waals surface area (Å²) >= 11 is 0. The highest BCUT2D eigenvalue weighted by molar-refractivity contribution is 4.93. The van der Waals surface area contributed by atoms with E-state index in [9.17, 15) is 0 Å². The third-order valence-electron chi connectivity index (χ3n) is 3.89. The fraction of sp³-hybridized carbons (Fsp3) is 1.00. The van der Waals surface area contributed by atoms with Gasteiger partial charge in [0.05, 0.1) is 6.61 Å². The van der Waals surface area contributed by atoms with Gasteiger partial charge in [-0.1, -0.05) is 19.3 Å². The summed E-state index contributed by atoms with van der Waals surface area (Å²) in [6.45, 7) is 3.93. The van der Waals surface area contributed by atoms with Crippen LogP contribution in [-0.4, -0.2) is 30.8 Å². The predicted octanol–water partition coefficient (Wildman–Crippen LogP) is 1.41. The van der Waals surface area contributed by atoms with Gasteiger partial charge in [-0.15, -0.1) is 0 Å². The zero-order valence-corrected chi connectivity index (χ0v) is 9.80. The Kier molecular flexibility index (Phi) is 3.65. The van der Waals surface area contributed by atoms with Crippen molar-refractivity contribution in [1.29, 1.82) is 0 Å². The van der Waals surface area contributed by atoms with E-state index >= 15 is 0 Å². The molecule has 3 N–H and O–H groups in total. The van der Waals surface area contributed by atoms with E-state index in [0.29, 0.717) is 18.2 Å². The average Bonchev–Trinajstić information content (AvgIpc) is 2.22. The van der Waals surface area contributed by atoms with Crippen LogP contribution in [0.25, 0.3) is 0 Å². The summed E-state index contributed by atoms with van der Waals surface area (Å²) < 4.78 is 5.37. The van der Waals surface area contributed by atoms with Crippen molar-refractivity contribution in [3.63, 3.8) is 0 Å². The SMILES string of the molecule is CC1(NC2CCOC[C@H]2N)CCCCC1. The topological polar surface area (TPSA) is 47.3 Å². The zero-order chi connectivity index (χ0) is 10.7. The first-order valence-corrected chi connectivity index (χ1v) is 6.31. The molecule has 2 rings (SSSR count). The quantitative estimate of drug-likeness (QED) is 0.727. The molecule has 2 atom stereocenters. The number of rotatable bonds is 2. The van der Waals surface area contributed by atoms with Gasteiger partial charge in [0.2, 0.25) is 0 Å². The number of hydrogen-bond donors (Lipinski definition) is 2. The average molecular weight is 212 g/mol. The molecular formula is C12H24N2O. The third-order valence-corrected chi connectivity index (χ3v) is 3.89. The first kappa shape index (κ1) is 11.4. The Morgan fingerprint density at radius 2 is 2.00 bits per heavy atom. The molecule has 0 aromatic heterocycles. The van der Waals surface area contributed by atoms with Crippen molar-refractivity contribution in [1.82, 2.24) is 5.32 Å². The highest BCUT2D eigenvalue weighted by Crippen LogP contribution is 2.28. The summed E-state index contributed by atoms with van der Waals surface area (Å²) in [7, 11) is 0. The minimum Gasteiger partial charge on any atom is -0.380 e. The van der Waals surface area contributed by atoms with E-state index in [2.05, 4.69) is 12.2 Å². The molecule has 0 aromatic carbocycles. The molecule has 0 aromatic rings. The molecule has 1 unspecified atom stereocenters. The summed E-state index contributed by atoms with van der Waals surface area (Å²) in [5, 5.41) is 3.78. The molecule has 1 saturated heterocycles. The maximum Gasteiger partial charge on any atom is 0.0632 e. The Hall–Kier alpha value is -0.120. The van der Waals surface area contributed by atoms with Gasteiger partial charge in [-0.2, -0.15) is 0 Å². The Labute approximate surface area is 92.7 Å². The van der Waals surface area contributed by atoms with Crippen LogP contribution in [0.15, 0.2) is 0 Å². The first-order valence-electron chi connectivity index (χ1n) is 6.31. The summed E-state index contributed by atoms with van der Waals surface area (Å²) in [4.78, 5) is 0. The molecule has 15 heavy (non-hydrogen) atoms. The molecular weight excluding hydrogens is 188 g/mol. The highest BCUT2D eigenvalue weighted by Gasteiger charge is 2.32. The second-order valence-corrected chi connectivity index (χ2v) is 5.40. The van der Waals surface area contributed by atoms with Gasteiger partial charge < -0.3 is 15.8 Å². The van der Waals surface area contributed by atoms with Crippen molar-refractivity contribution in [3.8, 4) is 0 Å². The van der Waals surface area contributed by atoms with Crippen LogP contribution >= 0.6 is 0 Å². The molecule has 88 valence electrons. The maximum atomic E-state index is 6.07. The van der Waals surface area contributed by atoms with Crippen molar-refractivity contribution in [3.05, 3.63) is 0 Å². The summed E-state index contributed by atoms with van der Waals surface area (Å²) in [5.74, 6) is 0. The van der Waals surface area contributed by atoms with E-state index in [-0.39, 0.29) is 6.04 Å². The summed E-state index contributed by atoms with van der Waals surface area (Å²) in [6, 6.07) is 0.638. The normalized spacial score (nSPS) is 36.4. The molecule has 3 nitrogen and oxygen atoms in total. The molecule has 0 amide bonds. The van der Waals surface area contributed by atoms with E-state index in [1.54, 1.807) is 0 Å². The van der Waals surface area contributed by atoms with Crippen molar-refractivity contribution in [2.75, 3.05) is 13.2 Å². The molecule has 2 fully saturated rings. The molecule has 2 aliphatic rings. The lowest BCUT2D eigenvalue weighted by atomic mass is 9.82. The Bertz CT molecular complexity index is 202.